The first kappa shape index (κ1) is 14.9. The van der Waals surface area contributed by atoms with Crippen LogP contribution in [0.1, 0.15) is 22.1 Å². The van der Waals surface area contributed by atoms with Crippen LogP contribution in [0.4, 0.5) is 0 Å². The van der Waals surface area contributed by atoms with Crippen LogP contribution in [0.25, 0.3) is 0 Å². The van der Waals surface area contributed by atoms with Gasteiger partial charge in [0.1, 0.15) is 5.75 Å². The minimum Gasteiger partial charge on any atom is -0.496 e. The molecule has 0 amide bonds. The fraction of sp³-hybridized carbons (Fsp3) is 0.294. The lowest BCUT2D eigenvalue weighted by molar-refractivity contribution is 0.202. The molecule has 0 bridgehead atoms. The summed E-state index contributed by atoms with van der Waals surface area (Å²) in [5, 5.41) is -0.206. The van der Waals surface area contributed by atoms with E-state index < -0.39 is 0 Å². The Hall–Kier alpha value is -1.51. The van der Waals surface area contributed by atoms with Crippen molar-refractivity contribution in [3.63, 3.8) is 0 Å². The van der Waals surface area contributed by atoms with E-state index in [9.17, 15) is 0 Å². The average Bonchev–Trinajstić information content (AvgIpc) is 2.52. The Labute approximate surface area is 125 Å². The van der Waals surface area contributed by atoms with E-state index in [0.717, 1.165) is 29.9 Å². The van der Waals surface area contributed by atoms with Crippen molar-refractivity contribution in [3.8, 4) is 5.75 Å². The first-order valence-electron chi connectivity index (χ1n) is 6.61. The molecule has 106 valence electrons. The lowest BCUT2D eigenvalue weighted by Crippen LogP contribution is -1.98. The Kier molecular flexibility index (Phi) is 5.45. The third-order valence-corrected chi connectivity index (χ3v) is 3.77. The van der Waals surface area contributed by atoms with Gasteiger partial charge in [-0.05, 0) is 23.6 Å². The molecule has 20 heavy (non-hydrogen) atoms. The van der Waals surface area contributed by atoms with Crippen molar-refractivity contribution in [2.75, 3.05) is 20.8 Å². The van der Waals surface area contributed by atoms with Crippen molar-refractivity contribution >= 4 is 11.6 Å². The Morgan fingerprint density at radius 1 is 1.00 bits per heavy atom. The molecular weight excluding hydrogens is 272 g/mol. The molecule has 0 saturated carbocycles. The van der Waals surface area contributed by atoms with Crippen LogP contribution >= 0.6 is 11.6 Å². The Morgan fingerprint density at radius 3 is 2.35 bits per heavy atom. The first-order chi connectivity index (χ1) is 9.76. The second-order valence-electron chi connectivity index (χ2n) is 4.59. The summed E-state index contributed by atoms with van der Waals surface area (Å²) < 4.78 is 10.4. The van der Waals surface area contributed by atoms with Crippen molar-refractivity contribution in [1.82, 2.24) is 0 Å². The van der Waals surface area contributed by atoms with Gasteiger partial charge >= 0.3 is 0 Å². The predicted molar refractivity (Wildman–Crippen MR) is 82.7 cm³/mol. The summed E-state index contributed by atoms with van der Waals surface area (Å²) in [5.41, 5.74) is 3.30. The van der Waals surface area contributed by atoms with Gasteiger partial charge in [0.2, 0.25) is 0 Å². The molecule has 2 aromatic carbocycles. The zero-order chi connectivity index (χ0) is 14.4. The molecule has 0 fully saturated rings. The van der Waals surface area contributed by atoms with Crippen LogP contribution in [-0.2, 0) is 11.2 Å². The van der Waals surface area contributed by atoms with Gasteiger partial charge in [-0.25, -0.2) is 0 Å². The van der Waals surface area contributed by atoms with Crippen molar-refractivity contribution in [2.24, 2.45) is 0 Å². The molecule has 2 aromatic rings. The molecule has 2 rings (SSSR count). The maximum absolute atomic E-state index is 6.57. The second kappa shape index (κ2) is 7.32. The Bertz CT molecular complexity index is 537. The van der Waals surface area contributed by atoms with Gasteiger partial charge in [-0.15, -0.1) is 11.6 Å². The summed E-state index contributed by atoms with van der Waals surface area (Å²) in [7, 11) is 3.38. The smallest absolute Gasteiger partial charge is 0.123 e. The number of hydrogen-bond donors (Lipinski definition) is 0. The van der Waals surface area contributed by atoms with Gasteiger partial charge in [-0.3, -0.25) is 0 Å². The summed E-state index contributed by atoms with van der Waals surface area (Å²) in [5.74, 6) is 0.816. The highest BCUT2D eigenvalue weighted by Crippen LogP contribution is 2.34. The molecule has 0 aliphatic carbocycles. The highest BCUT2D eigenvalue weighted by Gasteiger charge is 2.14. The number of para-hydroxylation sites is 1. The third-order valence-electron chi connectivity index (χ3n) is 3.28. The summed E-state index contributed by atoms with van der Waals surface area (Å²) in [6, 6.07) is 16.2. The van der Waals surface area contributed by atoms with Crippen molar-refractivity contribution < 1.29 is 9.47 Å². The van der Waals surface area contributed by atoms with Crippen molar-refractivity contribution in [3.05, 3.63) is 65.2 Å². The highest BCUT2D eigenvalue weighted by atomic mass is 35.5. The van der Waals surface area contributed by atoms with E-state index in [2.05, 4.69) is 24.3 Å². The molecule has 0 heterocycles. The molecule has 1 atom stereocenters. The normalized spacial score (nSPS) is 12.2. The monoisotopic (exact) mass is 290 g/mol. The topological polar surface area (TPSA) is 18.5 Å². The van der Waals surface area contributed by atoms with Gasteiger partial charge in [0, 0.05) is 12.7 Å². The highest BCUT2D eigenvalue weighted by molar-refractivity contribution is 6.22. The van der Waals surface area contributed by atoms with Gasteiger partial charge in [0.05, 0.1) is 19.1 Å². The minimum atomic E-state index is -0.206. The molecule has 2 nitrogen and oxygen atoms in total. The van der Waals surface area contributed by atoms with Crippen molar-refractivity contribution in [2.45, 2.75) is 11.8 Å². The largest absolute Gasteiger partial charge is 0.496 e. The molecule has 0 aromatic heterocycles. The van der Waals surface area contributed by atoms with Crippen LogP contribution < -0.4 is 4.74 Å². The van der Waals surface area contributed by atoms with Gasteiger partial charge in [-0.1, -0.05) is 42.5 Å². The molecule has 0 aliphatic rings. The van der Waals surface area contributed by atoms with Gasteiger partial charge in [0.15, 0.2) is 0 Å². The van der Waals surface area contributed by atoms with E-state index >= 15 is 0 Å². The summed E-state index contributed by atoms with van der Waals surface area (Å²) in [6.07, 6.45) is 0.915. The van der Waals surface area contributed by atoms with Crippen LogP contribution in [0.2, 0.25) is 0 Å². The predicted octanol–water partition coefficient (Wildman–Crippen LogP) is 4.21. The van der Waals surface area contributed by atoms with Crippen LogP contribution in [0.15, 0.2) is 48.5 Å². The quantitative estimate of drug-likeness (QED) is 0.742. The molecular formula is C17H19ClO2. The van der Waals surface area contributed by atoms with E-state index in [1.54, 1.807) is 14.2 Å². The van der Waals surface area contributed by atoms with E-state index in [1.807, 2.05) is 24.3 Å². The zero-order valence-corrected chi connectivity index (χ0v) is 12.6. The Morgan fingerprint density at radius 2 is 1.70 bits per heavy atom. The number of hydrogen-bond acceptors (Lipinski definition) is 2. The SMILES string of the molecule is COCCc1ccc(C(Cl)c2ccccc2OC)cc1. The second-order valence-corrected chi connectivity index (χ2v) is 5.03. The lowest BCUT2D eigenvalue weighted by atomic mass is 10.0. The Balaban J connectivity index is 2.18. The zero-order valence-electron chi connectivity index (χ0n) is 11.8. The molecule has 0 aliphatic heterocycles. The molecule has 0 radical (unpaired) electrons. The number of halogens is 1. The first-order valence-corrected chi connectivity index (χ1v) is 7.04. The summed E-state index contributed by atoms with van der Waals surface area (Å²) in [6.45, 7) is 0.732. The maximum Gasteiger partial charge on any atom is 0.123 e. The third kappa shape index (κ3) is 3.53. The van der Waals surface area contributed by atoms with E-state index in [-0.39, 0.29) is 5.38 Å². The van der Waals surface area contributed by atoms with Gasteiger partial charge in [0.25, 0.3) is 0 Å². The van der Waals surface area contributed by atoms with Crippen LogP contribution in [0.5, 0.6) is 5.75 Å². The number of alkyl halides is 1. The van der Waals surface area contributed by atoms with E-state index in [1.165, 1.54) is 5.56 Å². The standard InChI is InChI=1S/C17H19ClO2/c1-19-12-11-13-7-9-14(10-8-13)17(18)15-5-3-4-6-16(15)20-2/h3-10,17H,11-12H2,1-2H3. The van der Waals surface area contributed by atoms with Crippen LogP contribution in [0.3, 0.4) is 0 Å². The average molecular weight is 291 g/mol. The number of rotatable bonds is 6. The van der Waals surface area contributed by atoms with E-state index in [0.29, 0.717) is 0 Å². The lowest BCUT2D eigenvalue weighted by Gasteiger charge is -2.14. The summed E-state index contributed by atoms with van der Waals surface area (Å²) in [4.78, 5) is 0. The number of ether oxygens (including phenoxy) is 2. The minimum absolute atomic E-state index is 0.206. The van der Waals surface area contributed by atoms with Crippen molar-refractivity contribution in [1.29, 1.82) is 0 Å². The van der Waals surface area contributed by atoms with Gasteiger partial charge in [-0.2, -0.15) is 0 Å². The number of methoxy groups -OCH3 is 2. The van der Waals surface area contributed by atoms with Crippen LogP contribution in [0, 0.1) is 0 Å². The number of benzene rings is 2. The molecule has 0 spiro atoms. The summed E-state index contributed by atoms with van der Waals surface area (Å²) >= 11 is 6.57. The van der Waals surface area contributed by atoms with Gasteiger partial charge < -0.3 is 9.47 Å². The van der Waals surface area contributed by atoms with E-state index in [4.69, 9.17) is 21.1 Å². The fourth-order valence-corrected chi connectivity index (χ4v) is 2.45. The fourth-order valence-electron chi connectivity index (χ4n) is 2.13. The molecule has 0 saturated heterocycles. The van der Waals surface area contributed by atoms with Crippen LogP contribution in [-0.4, -0.2) is 20.8 Å². The molecule has 1 unspecified atom stereocenters. The molecule has 3 heteroatoms. The molecule has 0 N–H and O–H groups in total. The maximum atomic E-state index is 6.57.